The molecule has 4 nitrogen and oxygen atoms in total. The van der Waals surface area contributed by atoms with Gasteiger partial charge in [-0.15, -0.1) is 10.2 Å². The molecule has 3 rings (SSSR count). The van der Waals surface area contributed by atoms with Crippen LogP contribution in [-0.2, 0) is 0 Å². The molecule has 2 aromatic heterocycles. The third kappa shape index (κ3) is 1.55. The Balaban J connectivity index is 2.09. The minimum atomic E-state index is 0.534. The maximum absolute atomic E-state index is 5.23. The van der Waals surface area contributed by atoms with Crippen LogP contribution in [0.5, 0.6) is 5.75 Å². The van der Waals surface area contributed by atoms with E-state index in [2.05, 4.69) is 14.6 Å². The molecule has 1 fully saturated rings. The van der Waals surface area contributed by atoms with Gasteiger partial charge in [0.15, 0.2) is 5.65 Å². The molecule has 84 valence electrons. The number of pyridine rings is 1. The van der Waals surface area contributed by atoms with Crippen molar-refractivity contribution in [2.24, 2.45) is 0 Å². The van der Waals surface area contributed by atoms with Crippen LogP contribution in [0, 0.1) is 0 Å². The van der Waals surface area contributed by atoms with Crippen LogP contribution >= 0.6 is 11.8 Å². The fraction of sp³-hybridized carbons (Fsp3) is 0.455. The Labute approximate surface area is 98.0 Å². The SMILES string of the molecule is COc1ccc2nnc(C3CCSC3)n2c1. The summed E-state index contributed by atoms with van der Waals surface area (Å²) in [5.74, 6) is 4.83. The molecule has 0 amide bonds. The first-order chi connectivity index (χ1) is 7.88. The van der Waals surface area contributed by atoms with Gasteiger partial charge in [0, 0.05) is 11.7 Å². The summed E-state index contributed by atoms with van der Waals surface area (Å²) in [6.45, 7) is 0. The number of ether oxygens (including phenoxy) is 1. The van der Waals surface area contributed by atoms with Crippen molar-refractivity contribution in [1.29, 1.82) is 0 Å². The number of rotatable bonds is 2. The first-order valence-electron chi connectivity index (χ1n) is 5.35. The van der Waals surface area contributed by atoms with Crippen molar-refractivity contribution in [3.63, 3.8) is 0 Å². The molecule has 16 heavy (non-hydrogen) atoms. The molecule has 0 N–H and O–H groups in total. The van der Waals surface area contributed by atoms with E-state index in [0.717, 1.165) is 23.0 Å². The monoisotopic (exact) mass is 235 g/mol. The van der Waals surface area contributed by atoms with E-state index in [1.807, 2.05) is 30.1 Å². The number of nitrogens with zero attached hydrogens (tertiary/aromatic N) is 3. The molecule has 0 bridgehead atoms. The van der Waals surface area contributed by atoms with Crippen molar-refractivity contribution in [3.05, 3.63) is 24.2 Å². The molecule has 1 saturated heterocycles. The van der Waals surface area contributed by atoms with Crippen LogP contribution in [0.15, 0.2) is 18.3 Å². The second kappa shape index (κ2) is 3.97. The van der Waals surface area contributed by atoms with E-state index in [4.69, 9.17) is 4.74 Å². The predicted octanol–water partition coefficient (Wildman–Crippen LogP) is 1.96. The summed E-state index contributed by atoms with van der Waals surface area (Å²) in [6.07, 6.45) is 3.16. The lowest BCUT2D eigenvalue weighted by atomic mass is 10.1. The molecule has 1 aliphatic rings. The zero-order valence-electron chi connectivity index (χ0n) is 9.09. The van der Waals surface area contributed by atoms with Crippen molar-refractivity contribution >= 4 is 17.4 Å². The Morgan fingerprint density at radius 2 is 2.38 bits per heavy atom. The molecule has 0 spiro atoms. The van der Waals surface area contributed by atoms with Crippen LogP contribution in [0.1, 0.15) is 18.2 Å². The average Bonchev–Trinajstić information content (AvgIpc) is 2.96. The number of thioether (sulfide) groups is 1. The second-order valence-electron chi connectivity index (χ2n) is 3.92. The van der Waals surface area contributed by atoms with Gasteiger partial charge in [0.1, 0.15) is 11.6 Å². The zero-order valence-corrected chi connectivity index (χ0v) is 9.91. The second-order valence-corrected chi connectivity index (χ2v) is 5.07. The van der Waals surface area contributed by atoms with Crippen LogP contribution in [-0.4, -0.2) is 33.2 Å². The fourth-order valence-corrected chi connectivity index (χ4v) is 3.24. The summed E-state index contributed by atoms with van der Waals surface area (Å²) in [6, 6.07) is 3.86. The number of methoxy groups -OCH3 is 1. The lowest BCUT2D eigenvalue weighted by molar-refractivity contribution is 0.412. The Hall–Kier alpha value is -1.23. The van der Waals surface area contributed by atoms with Gasteiger partial charge in [-0.3, -0.25) is 4.40 Å². The molecule has 1 atom stereocenters. The lowest BCUT2D eigenvalue weighted by Gasteiger charge is -2.06. The minimum absolute atomic E-state index is 0.534. The van der Waals surface area contributed by atoms with Crippen molar-refractivity contribution in [2.75, 3.05) is 18.6 Å². The first-order valence-corrected chi connectivity index (χ1v) is 6.50. The Kier molecular flexibility index (Phi) is 2.47. The lowest BCUT2D eigenvalue weighted by Crippen LogP contribution is -2.03. The van der Waals surface area contributed by atoms with E-state index in [1.54, 1.807) is 7.11 Å². The molecule has 0 aromatic carbocycles. The molecule has 2 aromatic rings. The summed E-state index contributed by atoms with van der Waals surface area (Å²) in [4.78, 5) is 0. The average molecular weight is 235 g/mol. The van der Waals surface area contributed by atoms with Crippen LogP contribution in [0.25, 0.3) is 5.65 Å². The summed E-state index contributed by atoms with van der Waals surface area (Å²) < 4.78 is 7.28. The third-order valence-electron chi connectivity index (χ3n) is 2.93. The van der Waals surface area contributed by atoms with E-state index in [9.17, 15) is 0 Å². The Morgan fingerprint density at radius 1 is 1.44 bits per heavy atom. The van der Waals surface area contributed by atoms with Crippen LogP contribution < -0.4 is 4.74 Å². The summed E-state index contributed by atoms with van der Waals surface area (Å²) >= 11 is 1.99. The van der Waals surface area contributed by atoms with Gasteiger partial charge in [0.25, 0.3) is 0 Å². The largest absolute Gasteiger partial charge is 0.495 e. The number of hydrogen-bond donors (Lipinski definition) is 0. The maximum Gasteiger partial charge on any atom is 0.161 e. The zero-order chi connectivity index (χ0) is 11.0. The van der Waals surface area contributed by atoms with Crippen LogP contribution in [0.2, 0.25) is 0 Å². The molecule has 0 aliphatic carbocycles. The van der Waals surface area contributed by atoms with Crippen molar-refractivity contribution in [1.82, 2.24) is 14.6 Å². The summed E-state index contributed by atoms with van der Waals surface area (Å²) in [5.41, 5.74) is 0.896. The van der Waals surface area contributed by atoms with Gasteiger partial charge in [-0.05, 0) is 24.3 Å². The van der Waals surface area contributed by atoms with Gasteiger partial charge in [-0.2, -0.15) is 11.8 Å². The molecule has 1 unspecified atom stereocenters. The van der Waals surface area contributed by atoms with Gasteiger partial charge in [-0.25, -0.2) is 0 Å². The van der Waals surface area contributed by atoms with Gasteiger partial charge >= 0.3 is 0 Å². The highest BCUT2D eigenvalue weighted by molar-refractivity contribution is 7.99. The smallest absolute Gasteiger partial charge is 0.161 e. The molecule has 0 saturated carbocycles. The standard InChI is InChI=1S/C11H13N3OS/c1-15-9-2-3-10-12-13-11(14(10)6-9)8-4-5-16-7-8/h2-3,6,8H,4-5,7H2,1H3. The van der Waals surface area contributed by atoms with Crippen molar-refractivity contribution < 1.29 is 4.74 Å². The Bertz CT molecular complexity index is 505. The highest BCUT2D eigenvalue weighted by Crippen LogP contribution is 2.31. The van der Waals surface area contributed by atoms with Crippen molar-refractivity contribution in [2.45, 2.75) is 12.3 Å². The van der Waals surface area contributed by atoms with E-state index in [0.29, 0.717) is 5.92 Å². The van der Waals surface area contributed by atoms with Gasteiger partial charge in [0.2, 0.25) is 0 Å². The first kappa shape index (κ1) is 9.96. The van der Waals surface area contributed by atoms with Gasteiger partial charge in [0.05, 0.1) is 13.3 Å². The van der Waals surface area contributed by atoms with Gasteiger partial charge < -0.3 is 4.74 Å². The normalized spacial score (nSPS) is 20.4. The highest BCUT2D eigenvalue weighted by Gasteiger charge is 2.22. The number of fused-ring (bicyclic) bond motifs is 1. The quantitative estimate of drug-likeness (QED) is 0.797. The maximum atomic E-state index is 5.23. The molecule has 1 aliphatic heterocycles. The molecule has 0 radical (unpaired) electrons. The van der Waals surface area contributed by atoms with E-state index in [1.165, 1.54) is 12.2 Å². The molecule has 5 heteroatoms. The van der Waals surface area contributed by atoms with E-state index < -0.39 is 0 Å². The van der Waals surface area contributed by atoms with E-state index >= 15 is 0 Å². The number of hydrogen-bond acceptors (Lipinski definition) is 4. The van der Waals surface area contributed by atoms with Gasteiger partial charge in [-0.1, -0.05) is 0 Å². The minimum Gasteiger partial charge on any atom is -0.495 e. The van der Waals surface area contributed by atoms with Crippen molar-refractivity contribution in [3.8, 4) is 5.75 Å². The van der Waals surface area contributed by atoms with Crippen LogP contribution in [0.3, 0.4) is 0 Å². The fourth-order valence-electron chi connectivity index (χ4n) is 2.03. The topological polar surface area (TPSA) is 39.4 Å². The summed E-state index contributed by atoms with van der Waals surface area (Å²) in [5, 5.41) is 8.48. The molecular weight excluding hydrogens is 222 g/mol. The molecule has 3 heterocycles. The molecular formula is C11H13N3OS. The predicted molar refractivity (Wildman–Crippen MR) is 64.2 cm³/mol. The third-order valence-corrected chi connectivity index (χ3v) is 4.09. The summed E-state index contributed by atoms with van der Waals surface area (Å²) in [7, 11) is 1.68. The number of aromatic nitrogens is 3. The van der Waals surface area contributed by atoms with Crippen LogP contribution in [0.4, 0.5) is 0 Å². The highest BCUT2D eigenvalue weighted by atomic mass is 32.2. The van der Waals surface area contributed by atoms with E-state index in [-0.39, 0.29) is 0 Å². The Morgan fingerprint density at radius 3 is 3.12 bits per heavy atom.